The van der Waals surface area contributed by atoms with Gasteiger partial charge in [0.05, 0.1) is 6.61 Å². The molecule has 106 valence electrons. The summed E-state index contributed by atoms with van der Waals surface area (Å²) in [7, 11) is 0. The molecule has 0 aromatic heterocycles. The molecule has 0 aliphatic carbocycles. The van der Waals surface area contributed by atoms with E-state index < -0.39 is 0 Å². The lowest BCUT2D eigenvalue weighted by Crippen LogP contribution is -2.19. The highest BCUT2D eigenvalue weighted by atomic mass is 19.1. The highest BCUT2D eigenvalue weighted by Crippen LogP contribution is 2.22. The van der Waals surface area contributed by atoms with E-state index in [1.54, 1.807) is 12.1 Å². The zero-order valence-corrected chi connectivity index (χ0v) is 12.1. The Morgan fingerprint density at radius 3 is 2.79 bits per heavy atom. The molecule has 0 fully saturated rings. The minimum Gasteiger partial charge on any atom is -0.490 e. The minimum absolute atomic E-state index is 0.152. The first-order chi connectivity index (χ1) is 9.04. The molecule has 0 radical (unpaired) electrons. The van der Waals surface area contributed by atoms with Crippen LogP contribution in [0.1, 0.15) is 45.2 Å². The Kier molecular flexibility index (Phi) is 6.57. The van der Waals surface area contributed by atoms with Gasteiger partial charge in [0.25, 0.3) is 0 Å². The van der Waals surface area contributed by atoms with E-state index in [4.69, 9.17) is 4.74 Å². The molecule has 0 saturated carbocycles. The zero-order chi connectivity index (χ0) is 14.3. The van der Waals surface area contributed by atoms with Gasteiger partial charge in [-0.05, 0) is 44.5 Å². The van der Waals surface area contributed by atoms with Gasteiger partial charge in [0.15, 0.2) is 11.6 Å². The molecule has 0 spiro atoms. The predicted octanol–water partition coefficient (Wildman–Crippen LogP) is 4.23. The molecule has 2 nitrogen and oxygen atoms in total. The van der Waals surface area contributed by atoms with Crippen molar-refractivity contribution in [3.05, 3.63) is 41.7 Å². The van der Waals surface area contributed by atoms with Crippen LogP contribution < -0.4 is 10.1 Å². The molecule has 19 heavy (non-hydrogen) atoms. The first-order valence-corrected chi connectivity index (χ1v) is 6.84. The van der Waals surface area contributed by atoms with E-state index in [9.17, 15) is 4.39 Å². The second-order valence-electron chi connectivity index (χ2n) is 4.92. The van der Waals surface area contributed by atoms with Crippen molar-refractivity contribution in [3.63, 3.8) is 0 Å². The Hall–Kier alpha value is -1.35. The molecule has 0 bridgehead atoms. The van der Waals surface area contributed by atoms with Crippen LogP contribution in [0.15, 0.2) is 30.4 Å². The molecule has 0 aliphatic heterocycles. The fourth-order valence-corrected chi connectivity index (χ4v) is 1.72. The number of benzene rings is 1. The topological polar surface area (TPSA) is 21.3 Å². The summed E-state index contributed by atoms with van der Waals surface area (Å²) in [6.45, 7) is 11.3. The van der Waals surface area contributed by atoms with Crippen molar-refractivity contribution in [1.29, 1.82) is 0 Å². The molecule has 1 atom stereocenters. The van der Waals surface area contributed by atoms with Gasteiger partial charge in [0.2, 0.25) is 0 Å². The third kappa shape index (κ3) is 5.43. The summed E-state index contributed by atoms with van der Waals surface area (Å²) >= 11 is 0. The molecule has 1 unspecified atom stereocenters. The SMILES string of the molecule is C=C(C)CCOc1ccc(C(C)NCCC)cc1F. The molecule has 0 heterocycles. The Bertz CT molecular complexity index is 417. The van der Waals surface area contributed by atoms with Gasteiger partial charge in [0.1, 0.15) is 0 Å². The summed E-state index contributed by atoms with van der Waals surface area (Å²) < 4.78 is 19.3. The first-order valence-electron chi connectivity index (χ1n) is 6.84. The molecule has 0 amide bonds. The molecule has 1 N–H and O–H groups in total. The van der Waals surface area contributed by atoms with Crippen molar-refractivity contribution in [2.75, 3.05) is 13.2 Å². The van der Waals surface area contributed by atoms with Crippen LogP contribution >= 0.6 is 0 Å². The van der Waals surface area contributed by atoms with Crippen LogP contribution in [0.25, 0.3) is 0 Å². The fraction of sp³-hybridized carbons (Fsp3) is 0.500. The number of hydrogen-bond acceptors (Lipinski definition) is 2. The van der Waals surface area contributed by atoms with Gasteiger partial charge < -0.3 is 10.1 Å². The van der Waals surface area contributed by atoms with Crippen LogP contribution in [0, 0.1) is 5.82 Å². The number of rotatable bonds is 8. The molecular weight excluding hydrogens is 241 g/mol. The van der Waals surface area contributed by atoms with Crippen LogP contribution in [0.2, 0.25) is 0 Å². The predicted molar refractivity (Wildman–Crippen MR) is 78.0 cm³/mol. The van der Waals surface area contributed by atoms with Crippen molar-refractivity contribution in [2.24, 2.45) is 0 Å². The average Bonchev–Trinajstić information content (AvgIpc) is 2.37. The van der Waals surface area contributed by atoms with Crippen molar-refractivity contribution < 1.29 is 9.13 Å². The molecule has 1 aromatic rings. The van der Waals surface area contributed by atoms with E-state index in [2.05, 4.69) is 18.8 Å². The number of hydrogen-bond donors (Lipinski definition) is 1. The maximum absolute atomic E-state index is 13.9. The summed E-state index contributed by atoms with van der Waals surface area (Å²) in [5, 5.41) is 3.33. The van der Waals surface area contributed by atoms with Crippen molar-refractivity contribution in [2.45, 2.75) is 39.7 Å². The fourth-order valence-electron chi connectivity index (χ4n) is 1.72. The summed E-state index contributed by atoms with van der Waals surface area (Å²) in [5.74, 6) is 0.0112. The average molecular weight is 265 g/mol. The molecular formula is C16H24FNO. The normalized spacial score (nSPS) is 12.2. The molecule has 3 heteroatoms. The van der Waals surface area contributed by atoms with Gasteiger partial charge >= 0.3 is 0 Å². The lowest BCUT2D eigenvalue weighted by molar-refractivity contribution is 0.305. The number of ether oxygens (including phenoxy) is 1. The zero-order valence-electron chi connectivity index (χ0n) is 12.1. The maximum Gasteiger partial charge on any atom is 0.165 e. The van der Waals surface area contributed by atoms with E-state index in [0.717, 1.165) is 30.5 Å². The Morgan fingerprint density at radius 1 is 1.47 bits per heavy atom. The van der Waals surface area contributed by atoms with Gasteiger partial charge in [-0.3, -0.25) is 0 Å². The van der Waals surface area contributed by atoms with Crippen molar-refractivity contribution in [1.82, 2.24) is 5.32 Å². The van der Waals surface area contributed by atoms with E-state index >= 15 is 0 Å². The van der Waals surface area contributed by atoms with Gasteiger partial charge in [-0.15, -0.1) is 6.58 Å². The quantitative estimate of drug-likeness (QED) is 0.710. The highest BCUT2D eigenvalue weighted by Gasteiger charge is 2.09. The smallest absolute Gasteiger partial charge is 0.165 e. The van der Waals surface area contributed by atoms with E-state index in [1.807, 2.05) is 19.9 Å². The van der Waals surface area contributed by atoms with Crippen LogP contribution in [-0.4, -0.2) is 13.2 Å². The molecule has 0 aliphatic rings. The first kappa shape index (κ1) is 15.7. The third-order valence-electron chi connectivity index (χ3n) is 2.94. The minimum atomic E-state index is -0.302. The van der Waals surface area contributed by atoms with Gasteiger partial charge in [0, 0.05) is 12.5 Å². The Balaban J connectivity index is 2.60. The lowest BCUT2D eigenvalue weighted by atomic mass is 10.1. The molecule has 0 saturated heterocycles. The largest absolute Gasteiger partial charge is 0.490 e. The van der Waals surface area contributed by atoms with Crippen LogP contribution in [0.3, 0.4) is 0 Å². The lowest BCUT2D eigenvalue weighted by Gasteiger charge is -2.15. The highest BCUT2D eigenvalue weighted by molar-refractivity contribution is 5.30. The summed E-state index contributed by atoms with van der Waals surface area (Å²) in [6, 6.07) is 5.31. The van der Waals surface area contributed by atoms with Gasteiger partial charge in [-0.2, -0.15) is 0 Å². The van der Waals surface area contributed by atoms with E-state index in [-0.39, 0.29) is 11.9 Å². The molecule has 1 rings (SSSR count). The Morgan fingerprint density at radius 2 is 2.21 bits per heavy atom. The van der Waals surface area contributed by atoms with Crippen LogP contribution in [0.5, 0.6) is 5.75 Å². The second-order valence-corrected chi connectivity index (χ2v) is 4.92. The summed E-state index contributed by atoms with van der Waals surface area (Å²) in [5.41, 5.74) is 1.98. The van der Waals surface area contributed by atoms with Gasteiger partial charge in [-0.25, -0.2) is 4.39 Å². The summed E-state index contributed by atoms with van der Waals surface area (Å²) in [6.07, 6.45) is 1.81. The van der Waals surface area contributed by atoms with Crippen LogP contribution in [-0.2, 0) is 0 Å². The monoisotopic (exact) mass is 265 g/mol. The standard InChI is InChI=1S/C16H24FNO/c1-5-9-18-13(4)14-6-7-16(15(17)11-14)19-10-8-12(2)3/h6-7,11,13,18H,2,5,8-10H2,1,3-4H3. The second kappa shape index (κ2) is 7.95. The number of nitrogens with one attached hydrogen (secondary N) is 1. The third-order valence-corrected chi connectivity index (χ3v) is 2.94. The summed E-state index contributed by atoms with van der Waals surface area (Å²) in [4.78, 5) is 0. The Labute approximate surface area is 115 Å². The van der Waals surface area contributed by atoms with Crippen molar-refractivity contribution >= 4 is 0 Å². The number of halogens is 1. The van der Waals surface area contributed by atoms with E-state index in [1.165, 1.54) is 0 Å². The van der Waals surface area contributed by atoms with E-state index in [0.29, 0.717) is 12.4 Å². The molecule has 1 aromatic carbocycles. The van der Waals surface area contributed by atoms with Crippen LogP contribution in [0.4, 0.5) is 4.39 Å². The van der Waals surface area contributed by atoms with Gasteiger partial charge in [-0.1, -0.05) is 18.6 Å². The van der Waals surface area contributed by atoms with Crippen molar-refractivity contribution in [3.8, 4) is 5.75 Å². The maximum atomic E-state index is 13.9.